The summed E-state index contributed by atoms with van der Waals surface area (Å²) < 4.78 is 30.7. The average molecular weight is 756 g/mol. The summed E-state index contributed by atoms with van der Waals surface area (Å²) >= 11 is 6.63. The van der Waals surface area contributed by atoms with Crippen molar-refractivity contribution in [3.05, 3.63) is 92.1 Å². The number of benzene rings is 2. The van der Waals surface area contributed by atoms with Crippen molar-refractivity contribution in [2.24, 2.45) is 11.8 Å². The molecule has 8 rings (SSSR count). The van der Waals surface area contributed by atoms with Crippen LogP contribution in [0.5, 0.6) is 23.0 Å². The van der Waals surface area contributed by atoms with Gasteiger partial charge in [-0.3, -0.25) is 24.0 Å². The zero-order chi connectivity index (χ0) is 38.1. The predicted octanol–water partition coefficient (Wildman–Crippen LogP) is 4.48. The van der Waals surface area contributed by atoms with E-state index in [9.17, 15) is 24.0 Å². The third kappa shape index (κ3) is 5.47. The number of rotatable bonds is 8. The van der Waals surface area contributed by atoms with Gasteiger partial charge in [-0.25, -0.2) is 0 Å². The van der Waals surface area contributed by atoms with Gasteiger partial charge >= 0.3 is 0 Å². The minimum Gasteiger partial charge on any atom is -0.497 e. The monoisotopic (exact) mass is 755 g/mol. The Balaban J connectivity index is 1.09. The molecular weight excluding hydrogens is 718 g/mol. The van der Waals surface area contributed by atoms with Crippen LogP contribution in [-0.2, 0) is 29.0 Å². The Morgan fingerprint density at radius 3 is 2.41 bits per heavy atom. The Bertz CT molecular complexity index is 2300. The van der Waals surface area contributed by atoms with Crippen molar-refractivity contribution in [1.29, 1.82) is 0 Å². The van der Waals surface area contributed by atoms with Gasteiger partial charge in [-0.05, 0) is 42.7 Å². The molecule has 14 heteroatoms. The van der Waals surface area contributed by atoms with Crippen molar-refractivity contribution in [3.8, 4) is 34.3 Å². The van der Waals surface area contributed by atoms with Crippen LogP contribution in [0.25, 0.3) is 11.3 Å². The number of methoxy groups -OCH3 is 3. The number of nitrogens with one attached hydrogen (secondary N) is 1. The molecule has 4 aliphatic rings. The summed E-state index contributed by atoms with van der Waals surface area (Å²) in [4.78, 5) is 70.7. The van der Waals surface area contributed by atoms with E-state index < -0.39 is 29.0 Å². The van der Waals surface area contributed by atoms with Gasteiger partial charge in [0.2, 0.25) is 29.0 Å². The van der Waals surface area contributed by atoms with Crippen LogP contribution in [-0.4, -0.2) is 79.4 Å². The Kier molecular flexibility index (Phi) is 8.79. The largest absolute Gasteiger partial charge is 0.497 e. The second kappa shape index (κ2) is 13.4. The van der Waals surface area contributed by atoms with E-state index in [0.717, 1.165) is 12.1 Å². The van der Waals surface area contributed by atoms with Crippen LogP contribution in [0.2, 0.25) is 5.02 Å². The van der Waals surface area contributed by atoms with Crippen LogP contribution in [0.1, 0.15) is 57.0 Å². The highest BCUT2D eigenvalue weighted by Gasteiger charge is 2.63. The number of carbonyl (C=O) groups excluding carboxylic acids is 4. The Hall–Kier alpha value is -5.56. The molecule has 0 saturated carbocycles. The molecule has 2 aromatic heterocycles. The van der Waals surface area contributed by atoms with Crippen molar-refractivity contribution >= 4 is 35.0 Å². The van der Waals surface area contributed by atoms with Gasteiger partial charge in [0, 0.05) is 66.8 Å². The van der Waals surface area contributed by atoms with Crippen LogP contribution < -0.4 is 29.8 Å². The lowest BCUT2D eigenvalue weighted by Crippen LogP contribution is -2.56. The SMILES string of the molecule is COc1ccc(-c2oc3c(c2CC(=O)NCC(=O)N2CC4CC(C2)c2cccc(=O)n2C4)C(=O)C2(Oc4c(Cl)c(OC)cc(OC)c4C2=O)C(C)C3)cc1. The fourth-order valence-corrected chi connectivity index (χ4v) is 8.85. The topological polar surface area (TPSA) is 156 Å². The van der Waals surface area contributed by atoms with E-state index in [1.165, 1.54) is 20.3 Å². The molecule has 4 unspecified atom stereocenters. The van der Waals surface area contributed by atoms with E-state index in [1.807, 2.05) is 6.07 Å². The molecular formula is C40H38ClN3O10. The van der Waals surface area contributed by atoms with Crippen LogP contribution in [0.4, 0.5) is 0 Å². The molecule has 3 aliphatic heterocycles. The van der Waals surface area contributed by atoms with Gasteiger partial charge in [-0.1, -0.05) is 24.6 Å². The molecule has 1 spiro atoms. The second-order valence-corrected chi connectivity index (χ2v) is 14.7. The lowest BCUT2D eigenvalue weighted by Gasteiger charge is -2.42. The van der Waals surface area contributed by atoms with Crippen LogP contribution >= 0.6 is 11.6 Å². The zero-order valence-corrected chi connectivity index (χ0v) is 30.9. The third-order valence-electron chi connectivity index (χ3n) is 11.2. The molecule has 5 heterocycles. The van der Waals surface area contributed by atoms with Crippen LogP contribution in [0.3, 0.4) is 0 Å². The summed E-state index contributed by atoms with van der Waals surface area (Å²) in [6, 6.07) is 13.7. The minimum absolute atomic E-state index is 0.0180. The smallest absolute Gasteiger partial charge is 0.250 e. The van der Waals surface area contributed by atoms with Gasteiger partial charge in [-0.15, -0.1) is 0 Å². The number of aromatic nitrogens is 1. The molecule has 1 fully saturated rings. The maximum absolute atomic E-state index is 14.9. The summed E-state index contributed by atoms with van der Waals surface area (Å²) in [5.41, 5.74) is -0.205. The number of Topliss-reactive ketones (excluding diaryl/α,β-unsaturated/α-hetero) is 2. The number of carbonyl (C=O) groups is 4. The van der Waals surface area contributed by atoms with Crippen molar-refractivity contribution in [2.45, 2.75) is 44.2 Å². The van der Waals surface area contributed by atoms with Gasteiger partial charge in [0.1, 0.15) is 39.4 Å². The summed E-state index contributed by atoms with van der Waals surface area (Å²) in [5, 5.41) is 2.78. The predicted molar refractivity (Wildman–Crippen MR) is 195 cm³/mol. The zero-order valence-electron chi connectivity index (χ0n) is 30.2. The quantitative estimate of drug-likeness (QED) is 0.255. The van der Waals surface area contributed by atoms with Crippen molar-refractivity contribution in [2.75, 3.05) is 41.0 Å². The number of ether oxygens (including phenoxy) is 4. The summed E-state index contributed by atoms with van der Waals surface area (Å²) in [5.74, 6) is -1.09. The van der Waals surface area contributed by atoms with Gasteiger partial charge in [0.15, 0.2) is 5.75 Å². The number of fused-ring (bicyclic) bond motifs is 6. The first kappa shape index (κ1) is 35.5. The van der Waals surface area contributed by atoms with Gasteiger partial charge in [0.25, 0.3) is 5.56 Å². The fourth-order valence-electron chi connectivity index (χ4n) is 8.59. The Morgan fingerprint density at radius 1 is 0.944 bits per heavy atom. The number of ketones is 2. The average Bonchev–Trinajstić information content (AvgIpc) is 3.69. The van der Waals surface area contributed by atoms with E-state index in [4.69, 9.17) is 35.0 Å². The molecule has 4 aromatic rings. The second-order valence-electron chi connectivity index (χ2n) is 14.3. The first-order chi connectivity index (χ1) is 26.0. The number of piperidine rings is 1. The summed E-state index contributed by atoms with van der Waals surface area (Å²) in [6.07, 6.45) is 0.690. The number of nitrogens with zero attached hydrogens (tertiary/aromatic N) is 2. The van der Waals surface area contributed by atoms with Crippen molar-refractivity contribution in [1.82, 2.24) is 14.8 Å². The number of likely N-dealkylation sites (tertiary alicyclic amines) is 1. The van der Waals surface area contributed by atoms with Crippen molar-refractivity contribution in [3.63, 3.8) is 0 Å². The lowest BCUT2D eigenvalue weighted by atomic mass is 9.70. The Labute approximate surface area is 315 Å². The third-order valence-corrected chi connectivity index (χ3v) is 11.6. The molecule has 4 atom stereocenters. The van der Waals surface area contributed by atoms with Gasteiger partial charge < -0.3 is 38.1 Å². The molecule has 0 radical (unpaired) electrons. The van der Waals surface area contributed by atoms with E-state index in [-0.39, 0.29) is 87.4 Å². The molecule has 2 aromatic carbocycles. The number of halogens is 1. The van der Waals surface area contributed by atoms with E-state index in [2.05, 4.69) is 5.32 Å². The number of hydrogen-bond acceptors (Lipinski definition) is 10. The van der Waals surface area contributed by atoms with Crippen molar-refractivity contribution < 1.29 is 42.5 Å². The maximum atomic E-state index is 14.9. The normalized spacial score (nSPS) is 22.2. The highest BCUT2D eigenvalue weighted by Crippen LogP contribution is 2.54. The molecule has 1 aliphatic carbocycles. The number of furan rings is 1. The van der Waals surface area contributed by atoms with Crippen LogP contribution in [0, 0.1) is 11.8 Å². The molecule has 2 bridgehead atoms. The number of hydrogen-bond donors (Lipinski definition) is 1. The molecule has 2 amide bonds. The van der Waals surface area contributed by atoms with Gasteiger partial charge in [0.05, 0.1) is 39.9 Å². The molecule has 1 N–H and O–H groups in total. The fraction of sp³-hybridized carbons (Fsp3) is 0.375. The number of pyridine rings is 1. The minimum atomic E-state index is -2.02. The molecule has 280 valence electrons. The first-order valence-electron chi connectivity index (χ1n) is 17.7. The van der Waals surface area contributed by atoms with Gasteiger partial charge in [-0.2, -0.15) is 0 Å². The first-order valence-corrected chi connectivity index (χ1v) is 18.1. The summed E-state index contributed by atoms with van der Waals surface area (Å²) in [6.45, 7) is 2.93. The van der Waals surface area contributed by atoms with E-state index >= 15 is 0 Å². The Morgan fingerprint density at radius 2 is 1.69 bits per heavy atom. The molecule has 13 nitrogen and oxygen atoms in total. The standard InChI is InChI=1S/C40H38ClN3O10/c1-20-12-28-33(38(48)40(20)39(49)34-27(51-3)15-29(52-4)35(41)37(34)54-40)25(36(53-28)22-8-10-24(50-2)11-9-22)14-30(45)42-16-32(47)43-17-21-13-23(19-43)26-6-5-7-31(46)44(26)18-21/h5-11,15,20-21,23H,12-14,16-19H2,1-4H3,(H,42,45). The van der Waals surface area contributed by atoms with E-state index in [0.29, 0.717) is 36.7 Å². The lowest BCUT2D eigenvalue weighted by molar-refractivity contribution is -0.135. The highest BCUT2D eigenvalue weighted by atomic mass is 35.5. The maximum Gasteiger partial charge on any atom is 0.250 e. The molecule has 1 saturated heterocycles. The number of amides is 2. The molecule has 54 heavy (non-hydrogen) atoms. The van der Waals surface area contributed by atoms with E-state index in [1.54, 1.807) is 59.9 Å². The summed E-state index contributed by atoms with van der Waals surface area (Å²) in [7, 11) is 4.35. The van der Waals surface area contributed by atoms with Crippen LogP contribution in [0.15, 0.2) is 57.7 Å². The highest BCUT2D eigenvalue weighted by molar-refractivity contribution is 6.36.